The number of hydrogen-bond donors (Lipinski definition) is 0. The molecule has 0 atom stereocenters. The van der Waals surface area contributed by atoms with Gasteiger partial charge in [0.25, 0.3) is 0 Å². The van der Waals surface area contributed by atoms with Gasteiger partial charge in [-0.05, 0) is 31.5 Å². The molecule has 3 rings (SSSR count). The van der Waals surface area contributed by atoms with Gasteiger partial charge in [-0.15, -0.1) is 0 Å². The lowest BCUT2D eigenvalue weighted by atomic mass is 10.1. The fourth-order valence-electron chi connectivity index (χ4n) is 2.39. The summed E-state index contributed by atoms with van der Waals surface area (Å²) in [6, 6.07) is 3.44. The molecule has 0 unspecified atom stereocenters. The van der Waals surface area contributed by atoms with Crippen molar-refractivity contribution >= 4 is 34.2 Å². The Morgan fingerprint density at radius 1 is 1.23 bits per heavy atom. The zero-order valence-electron chi connectivity index (χ0n) is 12.1. The third-order valence-electron chi connectivity index (χ3n) is 3.68. The topological polar surface area (TPSA) is 57.3 Å². The summed E-state index contributed by atoms with van der Waals surface area (Å²) in [6.07, 6.45) is 1.51. The van der Waals surface area contributed by atoms with Crippen LogP contribution in [0.25, 0.3) is 16.7 Å². The first kappa shape index (κ1) is 14.9. The molecule has 0 amide bonds. The number of benzene rings is 1. The fraction of sp³-hybridized carbons (Fsp3) is 0.200. The first-order chi connectivity index (χ1) is 10.5. The maximum atomic E-state index is 11.8. The molecular weight excluding hydrogens is 327 g/mol. The molecule has 1 aromatic carbocycles. The van der Waals surface area contributed by atoms with Crippen LogP contribution in [0.5, 0.6) is 5.75 Å². The van der Waals surface area contributed by atoms with Gasteiger partial charge in [0.1, 0.15) is 11.9 Å². The molecule has 22 heavy (non-hydrogen) atoms. The molecule has 0 saturated heterocycles. The minimum Gasteiger partial charge on any atom is -0.494 e. The second kappa shape index (κ2) is 5.34. The van der Waals surface area contributed by atoms with Gasteiger partial charge in [0.05, 0.1) is 18.2 Å². The number of aryl methyl sites for hydroxylation is 1. The number of aromatic nitrogens is 2. The van der Waals surface area contributed by atoms with Gasteiger partial charge in [0.2, 0.25) is 0 Å². The first-order valence-electron chi connectivity index (χ1n) is 6.45. The number of nitrogens with zero attached hydrogens (tertiary/aromatic N) is 2. The van der Waals surface area contributed by atoms with Crippen LogP contribution in [0.4, 0.5) is 0 Å². The van der Waals surface area contributed by atoms with Crippen molar-refractivity contribution in [1.29, 1.82) is 0 Å². The quantitative estimate of drug-likeness (QED) is 0.664. The highest BCUT2D eigenvalue weighted by Gasteiger charge is 2.18. The van der Waals surface area contributed by atoms with Gasteiger partial charge >= 0.3 is 5.63 Å². The second-order valence-electron chi connectivity index (χ2n) is 4.83. The molecule has 0 saturated carbocycles. The molecule has 0 aliphatic heterocycles. The average molecular weight is 339 g/mol. The van der Waals surface area contributed by atoms with Crippen LogP contribution in [0.3, 0.4) is 0 Å². The molecule has 0 spiro atoms. The predicted octanol–water partition coefficient (Wildman–Crippen LogP) is 3.91. The monoisotopic (exact) mass is 338 g/mol. The zero-order chi connectivity index (χ0) is 16.0. The van der Waals surface area contributed by atoms with E-state index in [1.807, 2.05) is 6.92 Å². The summed E-state index contributed by atoms with van der Waals surface area (Å²) in [5.41, 5.74) is 2.10. The van der Waals surface area contributed by atoms with Crippen molar-refractivity contribution in [2.75, 3.05) is 7.11 Å². The van der Waals surface area contributed by atoms with Crippen molar-refractivity contribution < 1.29 is 9.15 Å². The summed E-state index contributed by atoms with van der Waals surface area (Å²) in [7, 11) is 1.55. The second-order valence-corrected chi connectivity index (χ2v) is 5.54. The molecule has 0 fully saturated rings. The van der Waals surface area contributed by atoms with E-state index in [1.54, 1.807) is 30.7 Å². The lowest BCUT2D eigenvalue weighted by Gasteiger charge is -2.14. The molecule has 7 heteroatoms. The smallest absolute Gasteiger partial charge is 0.339 e. The fourth-order valence-corrected chi connectivity index (χ4v) is 2.71. The molecule has 2 heterocycles. The van der Waals surface area contributed by atoms with E-state index in [9.17, 15) is 4.79 Å². The van der Waals surface area contributed by atoms with Crippen LogP contribution in [0, 0.1) is 13.8 Å². The van der Waals surface area contributed by atoms with Crippen molar-refractivity contribution in [1.82, 2.24) is 9.55 Å². The lowest BCUT2D eigenvalue weighted by Crippen LogP contribution is -2.07. The van der Waals surface area contributed by atoms with Gasteiger partial charge in [-0.25, -0.2) is 9.78 Å². The molecule has 2 aromatic heterocycles. The Labute approximate surface area is 136 Å². The van der Waals surface area contributed by atoms with Crippen molar-refractivity contribution in [3.05, 3.63) is 50.3 Å². The number of halogens is 2. The number of fused-ring (bicyclic) bond motifs is 1. The first-order valence-corrected chi connectivity index (χ1v) is 7.21. The number of imidazole rings is 1. The molecule has 0 aliphatic carbocycles. The molecule has 0 N–H and O–H groups in total. The third kappa shape index (κ3) is 2.09. The normalized spacial score (nSPS) is 11.1. The summed E-state index contributed by atoms with van der Waals surface area (Å²) in [6.45, 7) is 3.57. The van der Waals surface area contributed by atoms with Crippen LogP contribution >= 0.6 is 23.2 Å². The van der Waals surface area contributed by atoms with E-state index in [2.05, 4.69) is 4.98 Å². The van der Waals surface area contributed by atoms with E-state index >= 15 is 0 Å². The third-order valence-corrected chi connectivity index (χ3v) is 4.41. The van der Waals surface area contributed by atoms with Gasteiger partial charge in [-0.1, -0.05) is 23.2 Å². The highest BCUT2D eigenvalue weighted by molar-refractivity contribution is 6.40. The van der Waals surface area contributed by atoms with Crippen molar-refractivity contribution in [2.45, 2.75) is 13.8 Å². The number of methoxy groups -OCH3 is 1. The Morgan fingerprint density at radius 2 is 1.95 bits per heavy atom. The van der Waals surface area contributed by atoms with Crippen LogP contribution < -0.4 is 10.4 Å². The molecule has 3 aromatic rings. The minimum atomic E-state index is -0.358. The average Bonchev–Trinajstić information content (AvgIpc) is 2.83. The molecule has 0 radical (unpaired) electrons. The van der Waals surface area contributed by atoms with E-state index in [0.717, 1.165) is 10.9 Å². The van der Waals surface area contributed by atoms with Gasteiger partial charge in [-0.3, -0.25) is 4.57 Å². The van der Waals surface area contributed by atoms with Crippen molar-refractivity contribution in [2.24, 2.45) is 0 Å². The SMILES string of the molecule is COc1c(-n2cnc(Cl)c2Cl)ccc2oc(=O)c(C)c(C)c12. The Morgan fingerprint density at radius 3 is 2.55 bits per heavy atom. The van der Waals surface area contributed by atoms with Gasteiger partial charge in [0, 0.05) is 5.56 Å². The summed E-state index contributed by atoms with van der Waals surface area (Å²) in [5.74, 6) is 0.540. The standard InChI is InChI=1S/C15H12Cl2N2O3/c1-7-8(2)15(20)22-10-5-4-9(12(21-3)11(7)10)19-6-18-13(16)14(19)17/h4-6H,1-3H3. The van der Waals surface area contributed by atoms with Crippen LogP contribution in [0.2, 0.25) is 10.3 Å². The Bertz CT molecular complexity index is 944. The molecule has 5 nitrogen and oxygen atoms in total. The highest BCUT2D eigenvalue weighted by atomic mass is 35.5. The van der Waals surface area contributed by atoms with Crippen LogP contribution in [-0.4, -0.2) is 16.7 Å². The maximum Gasteiger partial charge on any atom is 0.339 e. The molecule has 0 bridgehead atoms. The Balaban J connectivity index is 2.44. The Kier molecular flexibility index (Phi) is 3.62. The molecule has 114 valence electrons. The van der Waals surface area contributed by atoms with Crippen molar-refractivity contribution in [3.8, 4) is 11.4 Å². The minimum absolute atomic E-state index is 0.205. The number of rotatable bonds is 2. The molecule has 0 aliphatic rings. The summed E-state index contributed by atoms with van der Waals surface area (Å²) >= 11 is 12.1. The van der Waals surface area contributed by atoms with E-state index < -0.39 is 0 Å². The van der Waals surface area contributed by atoms with E-state index in [0.29, 0.717) is 22.6 Å². The Hall–Kier alpha value is -1.98. The van der Waals surface area contributed by atoms with Crippen LogP contribution in [0.1, 0.15) is 11.1 Å². The highest BCUT2D eigenvalue weighted by Crippen LogP contribution is 2.37. The van der Waals surface area contributed by atoms with Gasteiger partial charge in [0.15, 0.2) is 16.1 Å². The summed E-state index contributed by atoms with van der Waals surface area (Å²) < 4.78 is 12.5. The van der Waals surface area contributed by atoms with Crippen LogP contribution in [0.15, 0.2) is 27.7 Å². The van der Waals surface area contributed by atoms with Gasteiger partial charge < -0.3 is 9.15 Å². The predicted molar refractivity (Wildman–Crippen MR) is 85.7 cm³/mol. The van der Waals surface area contributed by atoms with E-state index in [4.69, 9.17) is 32.4 Å². The van der Waals surface area contributed by atoms with Gasteiger partial charge in [-0.2, -0.15) is 0 Å². The number of hydrogen-bond acceptors (Lipinski definition) is 4. The maximum absolute atomic E-state index is 11.8. The van der Waals surface area contributed by atoms with Crippen molar-refractivity contribution in [3.63, 3.8) is 0 Å². The van der Waals surface area contributed by atoms with E-state index in [-0.39, 0.29) is 15.9 Å². The summed E-state index contributed by atoms with van der Waals surface area (Å²) in [4.78, 5) is 15.8. The number of ether oxygens (including phenoxy) is 1. The summed E-state index contributed by atoms with van der Waals surface area (Å²) in [5, 5.41) is 1.21. The van der Waals surface area contributed by atoms with Crippen LogP contribution in [-0.2, 0) is 0 Å². The van der Waals surface area contributed by atoms with E-state index in [1.165, 1.54) is 6.33 Å². The largest absolute Gasteiger partial charge is 0.494 e. The molecular formula is C15H12Cl2N2O3. The lowest BCUT2D eigenvalue weighted by molar-refractivity contribution is 0.416. The zero-order valence-corrected chi connectivity index (χ0v) is 13.6.